The second kappa shape index (κ2) is 13.3. The van der Waals surface area contributed by atoms with Crippen LogP contribution in [-0.2, 0) is 10.8 Å². The molecule has 0 N–H and O–H groups in total. The number of rotatable bonds is 6. The topological polar surface area (TPSA) is 3.24 Å². The van der Waals surface area contributed by atoms with Gasteiger partial charge in [0, 0.05) is 27.6 Å². The van der Waals surface area contributed by atoms with E-state index in [1.54, 1.807) is 0 Å². The summed E-state index contributed by atoms with van der Waals surface area (Å²) in [7, 11) is 0. The lowest BCUT2D eigenvalue weighted by atomic mass is 9.78. The molecule has 0 spiro atoms. The third-order valence-corrected chi connectivity index (χ3v) is 13.2. The van der Waals surface area contributed by atoms with Gasteiger partial charge in [-0.3, -0.25) is 0 Å². The van der Waals surface area contributed by atoms with Crippen molar-refractivity contribution < 1.29 is 0 Å². The second-order valence-corrected chi connectivity index (χ2v) is 17.3. The Hall–Kier alpha value is -6.96. The molecule has 282 valence electrons. The van der Waals surface area contributed by atoms with Crippen LogP contribution in [0.5, 0.6) is 0 Å². The van der Waals surface area contributed by atoms with Gasteiger partial charge in [-0.15, -0.1) is 0 Å². The van der Waals surface area contributed by atoms with Crippen molar-refractivity contribution in [1.82, 2.24) is 0 Å². The summed E-state index contributed by atoms with van der Waals surface area (Å²) in [6, 6.07) is 74.5. The van der Waals surface area contributed by atoms with E-state index in [4.69, 9.17) is 0 Å². The minimum Gasteiger partial charge on any atom is -0.309 e. The molecule has 2 aliphatic carbocycles. The Morgan fingerprint density at radius 3 is 1.54 bits per heavy atom. The molecule has 1 nitrogen and oxygen atoms in total. The molecule has 0 radical (unpaired) electrons. The number of hydrogen-bond donors (Lipinski definition) is 0. The van der Waals surface area contributed by atoms with Gasteiger partial charge in [0.25, 0.3) is 0 Å². The van der Waals surface area contributed by atoms with Crippen LogP contribution in [0.25, 0.3) is 66.4 Å². The molecule has 11 rings (SSSR count). The van der Waals surface area contributed by atoms with Crippen LogP contribution in [0, 0.1) is 0 Å². The molecule has 0 unspecified atom stereocenters. The first kappa shape index (κ1) is 35.2. The van der Waals surface area contributed by atoms with Gasteiger partial charge in [0.05, 0.1) is 11.4 Å². The maximum atomic E-state index is 2.57. The van der Waals surface area contributed by atoms with Gasteiger partial charge < -0.3 is 4.90 Å². The molecule has 0 atom stereocenters. The van der Waals surface area contributed by atoms with E-state index in [2.05, 4.69) is 233 Å². The van der Waals surface area contributed by atoms with Crippen molar-refractivity contribution in [3.8, 4) is 55.6 Å². The van der Waals surface area contributed by atoms with E-state index in [1.165, 1.54) is 88.7 Å². The van der Waals surface area contributed by atoms with E-state index < -0.39 is 0 Å². The van der Waals surface area contributed by atoms with E-state index in [9.17, 15) is 0 Å². The molecule has 9 aromatic carbocycles. The van der Waals surface area contributed by atoms with E-state index in [1.807, 2.05) is 0 Å². The van der Waals surface area contributed by atoms with Crippen molar-refractivity contribution in [2.24, 2.45) is 0 Å². The lowest BCUT2D eigenvalue weighted by Crippen LogP contribution is -2.18. The van der Waals surface area contributed by atoms with Crippen LogP contribution in [0.3, 0.4) is 0 Å². The summed E-state index contributed by atoms with van der Waals surface area (Å²) in [4.78, 5) is 2.57. The highest BCUT2D eigenvalue weighted by Gasteiger charge is 2.39. The predicted molar refractivity (Wildman–Crippen MR) is 250 cm³/mol. The Bertz CT molecular complexity index is 3100. The van der Waals surface area contributed by atoms with E-state index in [0.29, 0.717) is 0 Å². The maximum Gasteiger partial charge on any atom is 0.0546 e. The van der Waals surface area contributed by atoms with Gasteiger partial charge in [-0.1, -0.05) is 198 Å². The first-order chi connectivity index (χ1) is 28.8. The Kier molecular flexibility index (Phi) is 7.94. The number of benzene rings is 9. The summed E-state index contributed by atoms with van der Waals surface area (Å²) in [6.45, 7) is 9.53. The maximum absolute atomic E-state index is 2.57. The van der Waals surface area contributed by atoms with E-state index in [-0.39, 0.29) is 10.8 Å². The molecule has 0 saturated carbocycles. The van der Waals surface area contributed by atoms with Crippen LogP contribution >= 0.6 is 0 Å². The zero-order valence-corrected chi connectivity index (χ0v) is 34.0. The van der Waals surface area contributed by atoms with Gasteiger partial charge in [-0.25, -0.2) is 0 Å². The molecule has 59 heavy (non-hydrogen) atoms. The fourth-order valence-electron chi connectivity index (χ4n) is 10.4. The average Bonchev–Trinajstić information content (AvgIpc) is 3.66. The van der Waals surface area contributed by atoms with Gasteiger partial charge >= 0.3 is 0 Å². The fourth-order valence-corrected chi connectivity index (χ4v) is 10.4. The van der Waals surface area contributed by atoms with Crippen LogP contribution in [0.15, 0.2) is 200 Å². The predicted octanol–water partition coefficient (Wildman–Crippen LogP) is 15.9. The molecule has 1 heteroatoms. The van der Waals surface area contributed by atoms with Gasteiger partial charge in [0.15, 0.2) is 0 Å². The van der Waals surface area contributed by atoms with Crippen molar-refractivity contribution in [2.75, 3.05) is 4.90 Å². The van der Waals surface area contributed by atoms with Gasteiger partial charge in [0.1, 0.15) is 0 Å². The monoisotopic (exact) mass is 755 g/mol. The third kappa shape index (κ3) is 5.38. The standard InChI is InChI=1S/C58H45N/c1-57(2)50-30-15-14-26-45(50)48-37-42(33-34-52(48)57)59(53-32-18-27-43(38-19-7-5-8-20-38)55(53)39-21-9-6-10-22-39)54-36-41-24-12-11-23-40(41)35-49(54)47-29-17-28-46-44-25-13-16-31-51(44)58(3,4)56(46)47/h5-37H,1-4H3. The SMILES string of the molecule is CC1(C)c2ccccc2-c2cc(N(c3cc4ccccc4cc3-c3cccc4c3C(C)(C)c3ccccc3-4)c3cccc(-c4ccccc4)c3-c3ccccc3)ccc21. The number of nitrogens with zero attached hydrogens (tertiary/aromatic N) is 1. The van der Waals surface area contributed by atoms with Crippen molar-refractivity contribution in [2.45, 2.75) is 38.5 Å². The Morgan fingerprint density at radius 2 is 0.831 bits per heavy atom. The normalized spacial score (nSPS) is 14.0. The van der Waals surface area contributed by atoms with Gasteiger partial charge in [-0.05, 0) is 108 Å². The summed E-state index contributed by atoms with van der Waals surface area (Å²) in [5.74, 6) is 0. The highest BCUT2D eigenvalue weighted by atomic mass is 15.1. The number of anilines is 3. The zero-order chi connectivity index (χ0) is 39.9. The quantitative estimate of drug-likeness (QED) is 0.163. The molecule has 0 saturated heterocycles. The highest BCUT2D eigenvalue weighted by molar-refractivity contribution is 6.05. The molecule has 0 amide bonds. The summed E-state index contributed by atoms with van der Waals surface area (Å²) in [5, 5.41) is 2.43. The largest absolute Gasteiger partial charge is 0.309 e. The molecule has 0 aliphatic heterocycles. The highest BCUT2D eigenvalue weighted by Crippen LogP contribution is 2.56. The molecule has 0 heterocycles. The number of fused-ring (bicyclic) bond motifs is 7. The van der Waals surface area contributed by atoms with Gasteiger partial charge in [0.2, 0.25) is 0 Å². The molecule has 2 aliphatic rings. The van der Waals surface area contributed by atoms with Crippen LogP contribution in [0.4, 0.5) is 17.1 Å². The van der Waals surface area contributed by atoms with Crippen molar-refractivity contribution in [1.29, 1.82) is 0 Å². The Labute approximate surface area is 347 Å². The van der Waals surface area contributed by atoms with Crippen LogP contribution in [0.1, 0.15) is 49.9 Å². The minimum atomic E-state index is -0.193. The molecule has 0 aromatic heterocycles. The Morgan fingerprint density at radius 1 is 0.322 bits per heavy atom. The first-order valence-electron chi connectivity index (χ1n) is 20.9. The minimum absolute atomic E-state index is 0.100. The second-order valence-electron chi connectivity index (χ2n) is 17.3. The number of hydrogen-bond acceptors (Lipinski definition) is 1. The zero-order valence-electron chi connectivity index (χ0n) is 34.0. The smallest absolute Gasteiger partial charge is 0.0546 e. The molecule has 9 aromatic rings. The van der Waals surface area contributed by atoms with E-state index >= 15 is 0 Å². The summed E-state index contributed by atoms with van der Waals surface area (Å²) < 4.78 is 0. The van der Waals surface area contributed by atoms with E-state index in [0.717, 1.165) is 17.1 Å². The Balaban J connectivity index is 1.26. The first-order valence-corrected chi connectivity index (χ1v) is 20.9. The van der Waals surface area contributed by atoms with Crippen molar-refractivity contribution in [3.63, 3.8) is 0 Å². The third-order valence-electron chi connectivity index (χ3n) is 13.2. The fraction of sp³-hybridized carbons (Fsp3) is 0.103. The van der Waals surface area contributed by atoms with Crippen LogP contribution in [0.2, 0.25) is 0 Å². The summed E-state index contributed by atoms with van der Waals surface area (Å²) >= 11 is 0. The summed E-state index contributed by atoms with van der Waals surface area (Å²) in [6.07, 6.45) is 0. The van der Waals surface area contributed by atoms with Crippen molar-refractivity contribution in [3.05, 3.63) is 222 Å². The molecule has 0 fully saturated rings. The molecule has 0 bridgehead atoms. The van der Waals surface area contributed by atoms with Crippen LogP contribution < -0.4 is 4.90 Å². The van der Waals surface area contributed by atoms with Crippen LogP contribution in [-0.4, -0.2) is 0 Å². The van der Waals surface area contributed by atoms with Gasteiger partial charge in [-0.2, -0.15) is 0 Å². The summed E-state index contributed by atoms with van der Waals surface area (Å²) in [5.41, 5.74) is 21.1. The molecular weight excluding hydrogens is 711 g/mol. The lowest BCUT2D eigenvalue weighted by molar-refractivity contribution is 0.660. The van der Waals surface area contributed by atoms with Crippen molar-refractivity contribution >= 4 is 27.8 Å². The average molecular weight is 756 g/mol. The lowest BCUT2D eigenvalue weighted by Gasteiger charge is -2.33. The molecular formula is C58H45N.